The number of nitrogens with zero attached hydrogens (tertiary/aromatic N) is 3. The fourth-order valence-electron chi connectivity index (χ4n) is 3.25. The van der Waals surface area contributed by atoms with Gasteiger partial charge in [-0.3, -0.25) is 4.57 Å². The molecule has 0 radical (unpaired) electrons. The first-order valence-corrected chi connectivity index (χ1v) is 9.34. The second kappa shape index (κ2) is 8.07. The molecule has 1 aliphatic heterocycles. The molecule has 1 aromatic carbocycles. The number of hydrogen-bond acceptors (Lipinski definition) is 5. The standard InChI is InChI=1S/C19H19ClFN3O4/c1-3-27-18(25)11(2)28-17-9-15(13(21)8-12(17)20)24-16(10-22)14-6-4-5-7-23(14)19(24)26/h8-9,11H,3-7H2,1-2H3. The predicted molar refractivity (Wildman–Crippen MR) is 99.4 cm³/mol. The molecule has 148 valence electrons. The summed E-state index contributed by atoms with van der Waals surface area (Å²) in [4.78, 5) is 24.6. The highest BCUT2D eigenvalue weighted by Crippen LogP contribution is 2.31. The van der Waals surface area contributed by atoms with Gasteiger partial charge in [-0.05, 0) is 39.2 Å². The van der Waals surface area contributed by atoms with Crippen LogP contribution in [0, 0.1) is 17.1 Å². The van der Waals surface area contributed by atoms with E-state index in [1.54, 1.807) is 6.92 Å². The van der Waals surface area contributed by atoms with E-state index in [9.17, 15) is 19.2 Å². The van der Waals surface area contributed by atoms with E-state index in [1.165, 1.54) is 17.6 Å². The van der Waals surface area contributed by atoms with E-state index in [2.05, 4.69) is 0 Å². The van der Waals surface area contributed by atoms with Gasteiger partial charge in [-0.15, -0.1) is 0 Å². The van der Waals surface area contributed by atoms with Crippen LogP contribution in [0.1, 0.15) is 38.1 Å². The Hall–Kier alpha value is -2.79. The van der Waals surface area contributed by atoms with Crippen LogP contribution in [0.4, 0.5) is 4.39 Å². The predicted octanol–water partition coefficient (Wildman–Crippen LogP) is 2.97. The van der Waals surface area contributed by atoms with Gasteiger partial charge in [0.25, 0.3) is 0 Å². The van der Waals surface area contributed by atoms with Crippen molar-refractivity contribution in [3.8, 4) is 17.5 Å². The Morgan fingerprint density at radius 3 is 2.86 bits per heavy atom. The van der Waals surface area contributed by atoms with E-state index in [0.29, 0.717) is 18.7 Å². The molecular formula is C19H19ClFN3O4. The molecule has 0 amide bonds. The molecule has 1 aliphatic rings. The Bertz CT molecular complexity index is 1020. The molecule has 1 atom stereocenters. The highest BCUT2D eigenvalue weighted by atomic mass is 35.5. The molecule has 0 saturated carbocycles. The number of fused-ring (bicyclic) bond motifs is 1. The largest absolute Gasteiger partial charge is 0.477 e. The summed E-state index contributed by atoms with van der Waals surface area (Å²) in [6, 6.07) is 4.23. The van der Waals surface area contributed by atoms with Gasteiger partial charge in [0.1, 0.15) is 23.3 Å². The van der Waals surface area contributed by atoms with Crippen molar-refractivity contribution in [1.82, 2.24) is 9.13 Å². The minimum Gasteiger partial charge on any atom is -0.477 e. The second-order valence-electron chi connectivity index (χ2n) is 6.38. The zero-order valence-corrected chi connectivity index (χ0v) is 16.3. The van der Waals surface area contributed by atoms with Crippen molar-refractivity contribution in [2.75, 3.05) is 6.61 Å². The Morgan fingerprint density at radius 2 is 2.18 bits per heavy atom. The normalized spacial score (nSPS) is 14.1. The summed E-state index contributed by atoms with van der Waals surface area (Å²) >= 11 is 6.05. The summed E-state index contributed by atoms with van der Waals surface area (Å²) in [5.74, 6) is -1.36. The first kappa shape index (κ1) is 20.0. The molecule has 1 aromatic heterocycles. The summed E-state index contributed by atoms with van der Waals surface area (Å²) in [6.45, 7) is 3.81. The molecule has 28 heavy (non-hydrogen) atoms. The van der Waals surface area contributed by atoms with Crippen molar-refractivity contribution in [3.63, 3.8) is 0 Å². The van der Waals surface area contributed by atoms with E-state index in [0.717, 1.165) is 23.5 Å². The summed E-state index contributed by atoms with van der Waals surface area (Å²) in [5.41, 5.74) is 0.0431. The van der Waals surface area contributed by atoms with Gasteiger partial charge < -0.3 is 9.47 Å². The SMILES string of the molecule is CCOC(=O)C(C)Oc1cc(-n2c(C#N)c3n(c2=O)CCCC3)c(F)cc1Cl. The number of rotatable bonds is 5. The summed E-state index contributed by atoms with van der Waals surface area (Å²) in [5, 5.41) is 9.52. The maximum atomic E-state index is 14.7. The number of nitriles is 1. The molecule has 0 aliphatic carbocycles. The van der Waals surface area contributed by atoms with Gasteiger partial charge in [-0.1, -0.05) is 11.6 Å². The molecular weight excluding hydrogens is 389 g/mol. The van der Waals surface area contributed by atoms with Crippen molar-refractivity contribution in [1.29, 1.82) is 5.26 Å². The molecule has 7 nitrogen and oxygen atoms in total. The van der Waals surface area contributed by atoms with Crippen molar-refractivity contribution < 1.29 is 18.7 Å². The van der Waals surface area contributed by atoms with Crippen LogP contribution in [0.15, 0.2) is 16.9 Å². The smallest absolute Gasteiger partial charge is 0.347 e. The summed E-state index contributed by atoms with van der Waals surface area (Å²) in [6.07, 6.45) is 1.26. The van der Waals surface area contributed by atoms with E-state index >= 15 is 0 Å². The first-order valence-electron chi connectivity index (χ1n) is 8.96. The third kappa shape index (κ3) is 3.50. The van der Waals surface area contributed by atoms with Crippen LogP contribution in [0.25, 0.3) is 5.69 Å². The Labute approximate surface area is 165 Å². The number of halogens is 2. The topological polar surface area (TPSA) is 86.2 Å². The molecule has 1 unspecified atom stereocenters. The first-order chi connectivity index (χ1) is 13.4. The average molecular weight is 408 g/mol. The highest BCUT2D eigenvalue weighted by molar-refractivity contribution is 6.32. The number of carbonyl (C=O) groups excluding carboxylic acids is 1. The van der Waals surface area contributed by atoms with Crippen LogP contribution >= 0.6 is 11.6 Å². The number of ether oxygens (including phenoxy) is 2. The third-order valence-corrected chi connectivity index (χ3v) is 4.86. The maximum absolute atomic E-state index is 14.7. The zero-order chi connectivity index (χ0) is 20.4. The fraction of sp³-hybridized carbons (Fsp3) is 0.421. The lowest BCUT2D eigenvalue weighted by Crippen LogP contribution is -2.27. The van der Waals surface area contributed by atoms with Crippen LogP contribution in [-0.4, -0.2) is 27.8 Å². The van der Waals surface area contributed by atoms with Gasteiger partial charge in [0.05, 0.1) is 23.0 Å². The van der Waals surface area contributed by atoms with Crippen LogP contribution in [0.2, 0.25) is 5.02 Å². The van der Waals surface area contributed by atoms with E-state index in [-0.39, 0.29) is 28.8 Å². The number of imidazole rings is 1. The van der Waals surface area contributed by atoms with Gasteiger partial charge in [0.2, 0.25) is 0 Å². The lowest BCUT2D eigenvalue weighted by molar-refractivity contribution is -0.150. The Balaban J connectivity index is 2.09. The molecule has 2 heterocycles. The highest BCUT2D eigenvalue weighted by Gasteiger charge is 2.26. The van der Waals surface area contributed by atoms with Crippen molar-refractivity contribution in [2.45, 2.75) is 45.8 Å². The number of benzene rings is 1. The minimum absolute atomic E-state index is 0.0126. The fourth-order valence-corrected chi connectivity index (χ4v) is 3.45. The summed E-state index contributed by atoms with van der Waals surface area (Å²) in [7, 11) is 0. The van der Waals surface area contributed by atoms with Crippen LogP contribution in [-0.2, 0) is 22.5 Å². The maximum Gasteiger partial charge on any atom is 0.347 e. The summed E-state index contributed by atoms with van der Waals surface area (Å²) < 4.78 is 27.6. The molecule has 0 bridgehead atoms. The van der Waals surface area contributed by atoms with Crippen LogP contribution in [0.3, 0.4) is 0 Å². The van der Waals surface area contributed by atoms with E-state index in [1.807, 2.05) is 6.07 Å². The number of hydrogen-bond donors (Lipinski definition) is 0. The van der Waals surface area contributed by atoms with E-state index in [4.69, 9.17) is 21.1 Å². The van der Waals surface area contributed by atoms with Gasteiger partial charge in [0.15, 0.2) is 6.10 Å². The Kier molecular flexibility index (Phi) is 5.75. The van der Waals surface area contributed by atoms with Gasteiger partial charge in [-0.25, -0.2) is 18.5 Å². The molecule has 0 spiro atoms. The lowest BCUT2D eigenvalue weighted by Gasteiger charge is -2.16. The number of carbonyl (C=O) groups is 1. The minimum atomic E-state index is -0.981. The van der Waals surface area contributed by atoms with Gasteiger partial charge >= 0.3 is 11.7 Å². The molecule has 9 heteroatoms. The Morgan fingerprint density at radius 1 is 1.43 bits per heavy atom. The van der Waals surface area contributed by atoms with Gasteiger partial charge in [0, 0.05) is 12.6 Å². The quantitative estimate of drug-likeness (QED) is 0.711. The monoisotopic (exact) mass is 407 g/mol. The average Bonchev–Trinajstić information content (AvgIpc) is 2.96. The van der Waals surface area contributed by atoms with Crippen LogP contribution < -0.4 is 10.4 Å². The van der Waals surface area contributed by atoms with Crippen LogP contribution in [0.5, 0.6) is 5.75 Å². The van der Waals surface area contributed by atoms with Gasteiger partial charge in [-0.2, -0.15) is 5.26 Å². The van der Waals surface area contributed by atoms with Crippen molar-refractivity contribution >= 4 is 17.6 Å². The molecule has 0 saturated heterocycles. The molecule has 2 aromatic rings. The second-order valence-corrected chi connectivity index (χ2v) is 6.79. The number of esters is 1. The zero-order valence-electron chi connectivity index (χ0n) is 15.5. The van der Waals surface area contributed by atoms with Crippen molar-refractivity contribution in [2.24, 2.45) is 0 Å². The number of aromatic nitrogens is 2. The van der Waals surface area contributed by atoms with Crippen molar-refractivity contribution in [3.05, 3.63) is 44.8 Å². The molecule has 0 N–H and O–H groups in total. The molecule has 3 rings (SSSR count). The van der Waals surface area contributed by atoms with E-state index < -0.39 is 23.6 Å². The molecule has 0 fully saturated rings. The lowest BCUT2D eigenvalue weighted by atomic mass is 10.1. The third-order valence-electron chi connectivity index (χ3n) is 4.56.